The number of benzene rings is 1. The molecule has 0 amide bonds. The van der Waals surface area contributed by atoms with Gasteiger partial charge in [-0.2, -0.15) is 0 Å². The lowest BCUT2D eigenvalue weighted by Crippen LogP contribution is -2.22. The van der Waals surface area contributed by atoms with Crippen LogP contribution in [0.2, 0.25) is 0 Å². The number of sulfone groups is 1. The molecule has 0 aromatic heterocycles. The molecule has 0 aliphatic heterocycles. The minimum absolute atomic E-state index is 0.0443. The second-order valence-corrected chi connectivity index (χ2v) is 7.98. The third kappa shape index (κ3) is 5.50. The fourth-order valence-corrected chi connectivity index (χ4v) is 3.47. The fraction of sp³-hybridized carbons (Fsp3) is 0.571. The van der Waals surface area contributed by atoms with Crippen LogP contribution in [0.1, 0.15) is 38.3 Å². The van der Waals surface area contributed by atoms with Gasteiger partial charge in [-0.25, -0.2) is 12.8 Å². The van der Waals surface area contributed by atoms with E-state index in [1.54, 1.807) is 13.0 Å². The smallest absolute Gasteiger partial charge is 0.150 e. The van der Waals surface area contributed by atoms with Crippen molar-refractivity contribution >= 4 is 25.8 Å². The largest absolute Gasteiger partial charge is 0.310 e. The summed E-state index contributed by atoms with van der Waals surface area (Å²) in [6.45, 7) is 4.37. The fourth-order valence-electron chi connectivity index (χ4n) is 2.05. The van der Waals surface area contributed by atoms with Crippen molar-refractivity contribution in [2.45, 2.75) is 32.7 Å². The Labute approximate surface area is 129 Å². The molecule has 1 rings (SSSR count). The van der Waals surface area contributed by atoms with Gasteiger partial charge >= 0.3 is 0 Å². The third-order valence-corrected chi connectivity index (χ3v) is 5.68. The zero-order valence-electron chi connectivity index (χ0n) is 11.8. The van der Waals surface area contributed by atoms with E-state index in [4.69, 9.17) is 0 Å². The average Bonchev–Trinajstić information content (AvgIpc) is 2.40. The van der Waals surface area contributed by atoms with Gasteiger partial charge in [0.1, 0.15) is 15.7 Å². The van der Waals surface area contributed by atoms with Gasteiger partial charge in [-0.1, -0.05) is 29.8 Å². The maximum absolute atomic E-state index is 13.4. The summed E-state index contributed by atoms with van der Waals surface area (Å²) in [5.74, 6) is 0.0632. The molecule has 1 aromatic rings. The Hall–Kier alpha value is -0.460. The molecule has 114 valence electrons. The first-order valence-electron chi connectivity index (χ1n) is 6.78. The summed E-state index contributed by atoms with van der Waals surface area (Å²) in [5.41, 5.74) is 0.834. The molecule has 0 bridgehead atoms. The maximum Gasteiger partial charge on any atom is 0.150 e. The van der Waals surface area contributed by atoms with E-state index in [9.17, 15) is 12.8 Å². The molecule has 0 heterocycles. The summed E-state index contributed by atoms with van der Waals surface area (Å²) in [6.07, 6.45) is 1.23. The van der Waals surface area contributed by atoms with Crippen LogP contribution < -0.4 is 5.32 Å². The summed E-state index contributed by atoms with van der Waals surface area (Å²) in [6, 6.07) is 4.53. The third-order valence-electron chi connectivity index (χ3n) is 3.17. The van der Waals surface area contributed by atoms with Crippen LogP contribution in [0.3, 0.4) is 0 Å². The Bertz CT molecular complexity index is 534. The highest BCUT2D eigenvalue weighted by atomic mass is 79.9. The highest BCUT2D eigenvalue weighted by Crippen LogP contribution is 2.27. The van der Waals surface area contributed by atoms with Crippen molar-refractivity contribution in [1.29, 1.82) is 0 Å². The molecule has 0 radical (unpaired) electrons. The van der Waals surface area contributed by atoms with E-state index in [1.165, 1.54) is 12.1 Å². The SMILES string of the molecule is CCNC(CCCS(=O)(=O)CC)c1cc(F)ccc1Br. The quantitative estimate of drug-likeness (QED) is 0.767. The molecule has 0 aliphatic carbocycles. The first-order chi connectivity index (χ1) is 9.39. The monoisotopic (exact) mass is 365 g/mol. The van der Waals surface area contributed by atoms with Gasteiger partial charge in [-0.3, -0.25) is 0 Å². The Kier molecular flexibility index (Phi) is 7.12. The highest BCUT2D eigenvalue weighted by molar-refractivity contribution is 9.10. The van der Waals surface area contributed by atoms with Gasteiger partial charge in [0, 0.05) is 16.3 Å². The van der Waals surface area contributed by atoms with Crippen molar-refractivity contribution in [2.75, 3.05) is 18.1 Å². The normalized spacial score (nSPS) is 13.4. The second-order valence-electron chi connectivity index (χ2n) is 4.65. The minimum atomic E-state index is -2.94. The molecule has 1 atom stereocenters. The molecule has 0 spiro atoms. The average molecular weight is 366 g/mol. The molecular weight excluding hydrogens is 345 g/mol. The number of halogens is 2. The van der Waals surface area contributed by atoms with Gasteiger partial charge < -0.3 is 5.32 Å². The molecule has 0 fully saturated rings. The molecule has 0 saturated heterocycles. The summed E-state index contributed by atoms with van der Waals surface area (Å²) in [5, 5.41) is 3.28. The van der Waals surface area contributed by atoms with E-state index >= 15 is 0 Å². The van der Waals surface area contributed by atoms with Gasteiger partial charge in [-0.05, 0) is 43.1 Å². The Morgan fingerprint density at radius 2 is 2.05 bits per heavy atom. The Morgan fingerprint density at radius 1 is 1.35 bits per heavy atom. The Balaban J connectivity index is 2.76. The lowest BCUT2D eigenvalue weighted by Gasteiger charge is -2.19. The number of hydrogen-bond donors (Lipinski definition) is 1. The lowest BCUT2D eigenvalue weighted by atomic mass is 10.0. The van der Waals surface area contributed by atoms with Crippen LogP contribution in [0.25, 0.3) is 0 Å². The Morgan fingerprint density at radius 3 is 2.65 bits per heavy atom. The number of nitrogens with one attached hydrogen (secondary N) is 1. The van der Waals surface area contributed by atoms with Crippen molar-refractivity contribution in [3.8, 4) is 0 Å². The number of rotatable bonds is 8. The molecule has 0 aliphatic rings. The topological polar surface area (TPSA) is 46.2 Å². The predicted molar refractivity (Wildman–Crippen MR) is 84.1 cm³/mol. The highest BCUT2D eigenvalue weighted by Gasteiger charge is 2.16. The van der Waals surface area contributed by atoms with Crippen LogP contribution in [0, 0.1) is 5.82 Å². The molecule has 20 heavy (non-hydrogen) atoms. The van der Waals surface area contributed by atoms with Gasteiger partial charge in [0.15, 0.2) is 0 Å². The van der Waals surface area contributed by atoms with Crippen LogP contribution >= 0.6 is 15.9 Å². The van der Waals surface area contributed by atoms with E-state index in [2.05, 4.69) is 21.2 Å². The first-order valence-corrected chi connectivity index (χ1v) is 9.39. The van der Waals surface area contributed by atoms with E-state index in [0.29, 0.717) is 12.8 Å². The van der Waals surface area contributed by atoms with Gasteiger partial charge in [0.25, 0.3) is 0 Å². The van der Waals surface area contributed by atoms with Crippen LogP contribution in [-0.4, -0.2) is 26.5 Å². The van der Waals surface area contributed by atoms with Crippen LogP contribution in [0.5, 0.6) is 0 Å². The van der Waals surface area contributed by atoms with E-state index in [1.807, 2.05) is 6.92 Å². The summed E-state index contributed by atoms with van der Waals surface area (Å²) in [4.78, 5) is 0. The van der Waals surface area contributed by atoms with Crippen LogP contribution in [0.4, 0.5) is 4.39 Å². The van der Waals surface area contributed by atoms with Crippen LogP contribution in [-0.2, 0) is 9.84 Å². The molecule has 1 aromatic carbocycles. The van der Waals surface area contributed by atoms with Crippen molar-refractivity contribution in [2.24, 2.45) is 0 Å². The van der Waals surface area contributed by atoms with Crippen molar-refractivity contribution in [1.82, 2.24) is 5.32 Å². The molecule has 1 N–H and O–H groups in total. The summed E-state index contributed by atoms with van der Waals surface area (Å²) in [7, 11) is -2.94. The predicted octanol–water partition coefficient (Wildman–Crippen LogP) is 3.45. The zero-order valence-corrected chi connectivity index (χ0v) is 14.2. The van der Waals surface area contributed by atoms with Gasteiger partial charge in [0.2, 0.25) is 0 Å². The number of hydrogen-bond acceptors (Lipinski definition) is 3. The van der Waals surface area contributed by atoms with E-state index in [-0.39, 0.29) is 23.4 Å². The molecule has 3 nitrogen and oxygen atoms in total. The molecule has 1 unspecified atom stereocenters. The van der Waals surface area contributed by atoms with Crippen LogP contribution in [0.15, 0.2) is 22.7 Å². The van der Waals surface area contributed by atoms with E-state index < -0.39 is 9.84 Å². The van der Waals surface area contributed by atoms with Crippen molar-refractivity contribution in [3.63, 3.8) is 0 Å². The summed E-state index contributed by atoms with van der Waals surface area (Å²) >= 11 is 3.42. The standard InChI is InChI=1S/C14H21BrFNO2S/c1-3-17-14(6-5-9-20(18,19)4-2)12-10-11(16)7-8-13(12)15/h7-8,10,14,17H,3-6,9H2,1-2H3. The van der Waals surface area contributed by atoms with Crippen molar-refractivity contribution in [3.05, 3.63) is 34.1 Å². The first kappa shape index (κ1) is 17.6. The second kappa shape index (κ2) is 8.10. The minimum Gasteiger partial charge on any atom is -0.310 e. The maximum atomic E-state index is 13.4. The summed E-state index contributed by atoms with van der Waals surface area (Å²) < 4.78 is 37.2. The van der Waals surface area contributed by atoms with Crippen molar-refractivity contribution < 1.29 is 12.8 Å². The van der Waals surface area contributed by atoms with Gasteiger partial charge in [-0.15, -0.1) is 0 Å². The van der Waals surface area contributed by atoms with Gasteiger partial charge in [0.05, 0.1) is 5.75 Å². The zero-order chi connectivity index (χ0) is 15.2. The molecule has 0 saturated carbocycles. The molecule has 6 heteroatoms. The van der Waals surface area contributed by atoms with E-state index in [0.717, 1.165) is 16.6 Å². The lowest BCUT2D eigenvalue weighted by molar-refractivity contribution is 0.501. The molecular formula is C14H21BrFNO2S.